The van der Waals surface area contributed by atoms with Crippen LogP contribution in [0.25, 0.3) is 0 Å². The van der Waals surface area contributed by atoms with Crippen molar-refractivity contribution in [1.82, 2.24) is 10.3 Å². The fourth-order valence-corrected chi connectivity index (χ4v) is 1.27. The normalized spacial score (nSPS) is 12.5. The predicted octanol–water partition coefficient (Wildman–Crippen LogP) is 1.25. The van der Waals surface area contributed by atoms with E-state index in [-0.39, 0.29) is 6.10 Å². The fourth-order valence-electron chi connectivity index (χ4n) is 1.27. The van der Waals surface area contributed by atoms with E-state index in [1.807, 2.05) is 26.2 Å². The van der Waals surface area contributed by atoms with Crippen LogP contribution in [-0.2, 0) is 11.3 Å². The van der Waals surface area contributed by atoms with Gasteiger partial charge in [-0.25, -0.2) is 0 Å². The number of aromatic nitrogens is 1. The van der Waals surface area contributed by atoms with E-state index in [0.717, 1.165) is 18.8 Å². The topological polar surface area (TPSA) is 46.2 Å². The molecule has 15 heavy (non-hydrogen) atoms. The second-order valence-corrected chi connectivity index (χ2v) is 3.49. The van der Waals surface area contributed by atoms with E-state index in [4.69, 9.17) is 4.74 Å². The van der Waals surface area contributed by atoms with Gasteiger partial charge in [-0.2, -0.15) is 0 Å². The molecule has 0 spiro atoms. The molecular formula is C11H19N3O. The maximum Gasteiger partial charge on any atom is 0.0715 e. The molecule has 0 saturated heterocycles. The van der Waals surface area contributed by atoms with Crippen molar-refractivity contribution in [3.8, 4) is 0 Å². The largest absolute Gasteiger partial charge is 0.382 e. The van der Waals surface area contributed by atoms with Crippen LogP contribution in [0.15, 0.2) is 18.5 Å². The first kappa shape index (κ1) is 11.9. The van der Waals surface area contributed by atoms with Gasteiger partial charge in [0.2, 0.25) is 0 Å². The summed E-state index contributed by atoms with van der Waals surface area (Å²) in [4.78, 5) is 4.10. The van der Waals surface area contributed by atoms with Gasteiger partial charge in [0.1, 0.15) is 0 Å². The molecule has 0 amide bonds. The average Bonchev–Trinajstić information content (AvgIpc) is 2.28. The van der Waals surface area contributed by atoms with Crippen LogP contribution < -0.4 is 10.6 Å². The summed E-state index contributed by atoms with van der Waals surface area (Å²) in [6.45, 7) is 3.65. The van der Waals surface area contributed by atoms with Gasteiger partial charge in [-0.1, -0.05) is 0 Å². The number of nitrogens with one attached hydrogen (secondary N) is 2. The van der Waals surface area contributed by atoms with E-state index >= 15 is 0 Å². The molecule has 1 atom stereocenters. The monoisotopic (exact) mass is 209 g/mol. The van der Waals surface area contributed by atoms with Crippen molar-refractivity contribution in [2.75, 3.05) is 26.0 Å². The highest BCUT2D eigenvalue weighted by Crippen LogP contribution is 2.13. The van der Waals surface area contributed by atoms with Crippen LogP contribution in [0, 0.1) is 0 Å². The molecular weight excluding hydrogens is 190 g/mol. The first-order valence-electron chi connectivity index (χ1n) is 5.12. The minimum absolute atomic E-state index is 0.209. The molecule has 84 valence electrons. The zero-order chi connectivity index (χ0) is 11.1. The van der Waals surface area contributed by atoms with Crippen molar-refractivity contribution in [3.63, 3.8) is 0 Å². The van der Waals surface area contributed by atoms with Crippen LogP contribution in [0.5, 0.6) is 0 Å². The second-order valence-electron chi connectivity index (χ2n) is 3.49. The summed E-state index contributed by atoms with van der Waals surface area (Å²) in [5, 5.41) is 6.46. The molecule has 1 heterocycles. The molecule has 1 rings (SSSR count). The maximum absolute atomic E-state index is 5.18. The summed E-state index contributed by atoms with van der Waals surface area (Å²) < 4.78 is 5.18. The standard InChI is InChI=1S/C11H19N3O/c1-9(15-3)6-14-11-4-5-13-8-10(11)7-12-2/h4-5,8-9,12H,6-7H2,1-3H3,(H,13,14). The Morgan fingerprint density at radius 1 is 1.53 bits per heavy atom. The SMILES string of the molecule is CNCc1cnccc1NCC(C)OC. The molecule has 2 N–H and O–H groups in total. The minimum atomic E-state index is 0.209. The van der Waals surface area contributed by atoms with Gasteiger partial charge >= 0.3 is 0 Å². The summed E-state index contributed by atoms with van der Waals surface area (Å²) in [7, 11) is 3.64. The van der Waals surface area contributed by atoms with Gasteiger partial charge in [-0.3, -0.25) is 4.98 Å². The first-order valence-corrected chi connectivity index (χ1v) is 5.12. The van der Waals surface area contributed by atoms with Crippen LogP contribution in [0.2, 0.25) is 0 Å². The Hall–Kier alpha value is -1.13. The van der Waals surface area contributed by atoms with E-state index in [2.05, 4.69) is 15.6 Å². The number of rotatable bonds is 6. The summed E-state index contributed by atoms with van der Waals surface area (Å²) >= 11 is 0. The Bertz CT molecular complexity index is 291. The van der Waals surface area contributed by atoms with Crippen LogP contribution in [0.1, 0.15) is 12.5 Å². The lowest BCUT2D eigenvalue weighted by molar-refractivity contribution is 0.129. The molecule has 0 aliphatic heterocycles. The summed E-state index contributed by atoms with van der Waals surface area (Å²) in [6, 6.07) is 1.98. The summed E-state index contributed by atoms with van der Waals surface area (Å²) in [5.74, 6) is 0. The molecule has 0 bridgehead atoms. The van der Waals surface area contributed by atoms with Crippen LogP contribution in [-0.4, -0.2) is 31.8 Å². The molecule has 0 aliphatic rings. The molecule has 0 aliphatic carbocycles. The van der Waals surface area contributed by atoms with Crippen molar-refractivity contribution >= 4 is 5.69 Å². The van der Waals surface area contributed by atoms with Crippen molar-refractivity contribution in [3.05, 3.63) is 24.0 Å². The zero-order valence-electron chi connectivity index (χ0n) is 9.58. The Morgan fingerprint density at radius 2 is 2.33 bits per heavy atom. The van der Waals surface area contributed by atoms with E-state index < -0.39 is 0 Å². The third-order valence-corrected chi connectivity index (χ3v) is 2.25. The van der Waals surface area contributed by atoms with E-state index in [1.165, 1.54) is 5.56 Å². The number of nitrogens with zero attached hydrogens (tertiary/aromatic N) is 1. The Balaban J connectivity index is 2.58. The van der Waals surface area contributed by atoms with E-state index in [1.54, 1.807) is 13.3 Å². The van der Waals surface area contributed by atoms with Gasteiger partial charge < -0.3 is 15.4 Å². The molecule has 1 aromatic heterocycles. The van der Waals surface area contributed by atoms with E-state index in [0.29, 0.717) is 0 Å². The third-order valence-electron chi connectivity index (χ3n) is 2.25. The Labute approximate surface area is 91.1 Å². The molecule has 4 heteroatoms. The van der Waals surface area contributed by atoms with Crippen molar-refractivity contribution in [1.29, 1.82) is 0 Å². The van der Waals surface area contributed by atoms with Gasteiger partial charge in [0.25, 0.3) is 0 Å². The Kier molecular flexibility index (Phi) is 5.07. The predicted molar refractivity (Wildman–Crippen MR) is 62.0 cm³/mol. The van der Waals surface area contributed by atoms with Gasteiger partial charge in [-0.05, 0) is 20.0 Å². The Morgan fingerprint density at radius 3 is 3.00 bits per heavy atom. The number of hydrogen-bond donors (Lipinski definition) is 2. The van der Waals surface area contributed by atoms with E-state index in [9.17, 15) is 0 Å². The van der Waals surface area contributed by atoms with Crippen molar-refractivity contribution in [2.24, 2.45) is 0 Å². The average molecular weight is 209 g/mol. The number of pyridine rings is 1. The van der Waals surface area contributed by atoms with Gasteiger partial charge in [0.15, 0.2) is 0 Å². The lowest BCUT2D eigenvalue weighted by Crippen LogP contribution is -2.19. The lowest BCUT2D eigenvalue weighted by atomic mass is 10.2. The van der Waals surface area contributed by atoms with Gasteiger partial charge in [-0.15, -0.1) is 0 Å². The second kappa shape index (κ2) is 6.37. The number of methoxy groups -OCH3 is 1. The summed E-state index contributed by atoms with van der Waals surface area (Å²) in [6.07, 6.45) is 3.87. The smallest absolute Gasteiger partial charge is 0.0715 e. The van der Waals surface area contributed by atoms with Crippen molar-refractivity contribution < 1.29 is 4.74 Å². The lowest BCUT2D eigenvalue weighted by Gasteiger charge is -2.14. The molecule has 1 aromatic rings. The highest BCUT2D eigenvalue weighted by atomic mass is 16.5. The first-order chi connectivity index (χ1) is 7.27. The highest BCUT2D eigenvalue weighted by Gasteiger charge is 2.03. The minimum Gasteiger partial charge on any atom is -0.382 e. The third kappa shape index (κ3) is 3.85. The number of anilines is 1. The molecule has 1 unspecified atom stereocenters. The molecule has 0 saturated carbocycles. The maximum atomic E-state index is 5.18. The fraction of sp³-hybridized carbons (Fsp3) is 0.545. The van der Waals surface area contributed by atoms with Gasteiger partial charge in [0, 0.05) is 43.8 Å². The van der Waals surface area contributed by atoms with Crippen LogP contribution in [0.3, 0.4) is 0 Å². The zero-order valence-corrected chi connectivity index (χ0v) is 9.58. The van der Waals surface area contributed by atoms with Gasteiger partial charge in [0.05, 0.1) is 6.10 Å². The quantitative estimate of drug-likeness (QED) is 0.740. The number of hydrogen-bond acceptors (Lipinski definition) is 4. The molecule has 0 fully saturated rings. The van der Waals surface area contributed by atoms with Crippen molar-refractivity contribution in [2.45, 2.75) is 19.6 Å². The highest BCUT2D eigenvalue weighted by molar-refractivity contribution is 5.49. The van der Waals surface area contributed by atoms with Crippen LogP contribution >= 0.6 is 0 Å². The molecule has 0 aromatic carbocycles. The number of ether oxygens (including phenoxy) is 1. The molecule has 4 nitrogen and oxygen atoms in total. The summed E-state index contributed by atoms with van der Waals surface area (Å²) in [5.41, 5.74) is 2.28. The molecule has 0 radical (unpaired) electrons. The van der Waals surface area contributed by atoms with Crippen LogP contribution in [0.4, 0.5) is 5.69 Å².